The molecule has 0 aliphatic carbocycles. The van der Waals surface area contributed by atoms with Gasteiger partial charge in [0, 0.05) is 28.3 Å². The first-order valence-corrected chi connectivity index (χ1v) is 9.88. The van der Waals surface area contributed by atoms with Crippen molar-refractivity contribution in [1.29, 1.82) is 0 Å². The third kappa shape index (κ3) is 3.43. The van der Waals surface area contributed by atoms with Gasteiger partial charge in [-0.2, -0.15) is 0 Å². The van der Waals surface area contributed by atoms with Crippen molar-refractivity contribution in [1.82, 2.24) is 0 Å². The van der Waals surface area contributed by atoms with E-state index >= 15 is 0 Å². The summed E-state index contributed by atoms with van der Waals surface area (Å²) in [5.41, 5.74) is 11.3. The zero-order valence-corrected chi connectivity index (χ0v) is 16.9. The number of anilines is 1. The number of halogens is 1. The second kappa shape index (κ2) is 8.03. The van der Waals surface area contributed by atoms with E-state index in [9.17, 15) is 9.18 Å². The van der Waals surface area contributed by atoms with E-state index in [4.69, 9.17) is 14.9 Å². The maximum Gasteiger partial charge on any atom is 0.154 e. The highest BCUT2D eigenvalue weighted by Gasteiger charge is 2.19. The Hall–Kier alpha value is -3.60. The number of hydrogen-bond donors (Lipinski definition) is 1. The van der Waals surface area contributed by atoms with Crippen LogP contribution in [0.4, 0.5) is 10.1 Å². The Bertz CT molecular complexity index is 1230. The molecule has 4 rings (SSSR count). The Morgan fingerprint density at radius 1 is 1.03 bits per heavy atom. The van der Waals surface area contributed by atoms with Crippen molar-refractivity contribution >= 4 is 22.9 Å². The van der Waals surface area contributed by atoms with Crippen molar-refractivity contribution in [2.75, 3.05) is 12.3 Å². The fourth-order valence-corrected chi connectivity index (χ4v) is 3.66. The van der Waals surface area contributed by atoms with E-state index in [0.717, 1.165) is 29.4 Å². The van der Waals surface area contributed by atoms with Crippen LogP contribution in [0.5, 0.6) is 5.75 Å². The SMILES string of the molecule is CCOc1cc2oc(-c3ccc(F)cc3)c(C=O)c2cc1-c1ccc(CC)c(N)c1. The number of benzene rings is 3. The van der Waals surface area contributed by atoms with Crippen molar-refractivity contribution in [3.05, 3.63) is 71.5 Å². The summed E-state index contributed by atoms with van der Waals surface area (Å²) in [5, 5.41) is 0.668. The number of aldehydes is 1. The second-order valence-electron chi connectivity index (χ2n) is 7.01. The Morgan fingerprint density at radius 2 is 1.77 bits per heavy atom. The van der Waals surface area contributed by atoms with Crippen LogP contribution >= 0.6 is 0 Å². The first kappa shape index (κ1) is 19.7. The Morgan fingerprint density at radius 3 is 2.40 bits per heavy atom. The van der Waals surface area contributed by atoms with Gasteiger partial charge < -0.3 is 14.9 Å². The minimum absolute atomic E-state index is 0.350. The van der Waals surface area contributed by atoms with Gasteiger partial charge in [-0.3, -0.25) is 4.79 Å². The monoisotopic (exact) mass is 403 g/mol. The van der Waals surface area contributed by atoms with Crippen LogP contribution in [0.2, 0.25) is 0 Å². The van der Waals surface area contributed by atoms with Crippen molar-refractivity contribution in [3.63, 3.8) is 0 Å². The average Bonchev–Trinajstić information content (AvgIpc) is 3.11. The van der Waals surface area contributed by atoms with Crippen LogP contribution in [0.25, 0.3) is 33.4 Å². The highest BCUT2D eigenvalue weighted by atomic mass is 19.1. The van der Waals surface area contributed by atoms with Crippen LogP contribution < -0.4 is 10.5 Å². The smallest absolute Gasteiger partial charge is 0.154 e. The van der Waals surface area contributed by atoms with Crippen molar-refractivity contribution < 1.29 is 18.3 Å². The molecule has 0 unspecified atom stereocenters. The number of aryl methyl sites for hydroxylation is 1. The fourth-order valence-electron chi connectivity index (χ4n) is 3.66. The van der Waals surface area contributed by atoms with Gasteiger partial charge in [-0.1, -0.05) is 19.1 Å². The Labute approximate surface area is 174 Å². The van der Waals surface area contributed by atoms with E-state index < -0.39 is 0 Å². The van der Waals surface area contributed by atoms with Gasteiger partial charge in [-0.05, 0) is 60.9 Å². The standard InChI is InChI=1S/C25H22FNO3/c1-3-15-5-6-17(11-22(15)27)19-12-20-21(14-28)25(16-7-9-18(26)10-8-16)30-24(20)13-23(19)29-4-2/h5-14H,3-4,27H2,1-2H3. The van der Waals surface area contributed by atoms with E-state index in [1.807, 2.05) is 31.2 Å². The minimum Gasteiger partial charge on any atom is -0.493 e. The molecule has 1 aromatic heterocycles. The molecule has 0 fully saturated rings. The summed E-state index contributed by atoms with van der Waals surface area (Å²) in [6, 6.07) is 15.5. The third-order valence-electron chi connectivity index (χ3n) is 5.19. The lowest BCUT2D eigenvalue weighted by Crippen LogP contribution is -1.97. The second-order valence-corrected chi connectivity index (χ2v) is 7.01. The molecule has 0 amide bonds. The van der Waals surface area contributed by atoms with Gasteiger partial charge in [0.15, 0.2) is 6.29 Å². The number of fused-ring (bicyclic) bond motifs is 1. The van der Waals surface area contributed by atoms with Crippen molar-refractivity contribution in [3.8, 4) is 28.2 Å². The number of nitrogen functional groups attached to an aromatic ring is 1. The van der Waals surface area contributed by atoms with E-state index in [1.165, 1.54) is 12.1 Å². The minimum atomic E-state index is -0.350. The van der Waals surface area contributed by atoms with E-state index in [1.54, 1.807) is 18.2 Å². The molecule has 1 heterocycles. The molecule has 4 aromatic rings. The molecule has 0 bridgehead atoms. The van der Waals surface area contributed by atoms with Crippen LogP contribution in [0, 0.1) is 5.82 Å². The van der Waals surface area contributed by atoms with Crippen molar-refractivity contribution in [2.45, 2.75) is 20.3 Å². The summed E-state index contributed by atoms with van der Waals surface area (Å²) >= 11 is 0. The van der Waals surface area contributed by atoms with E-state index in [0.29, 0.717) is 45.9 Å². The molecule has 152 valence electrons. The summed E-state index contributed by atoms with van der Waals surface area (Å²) in [4.78, 5) is 12.0. The topological polar surface area (TPSA) is 65.5 Å². The first-order chi connectivity index (χ1) is 14.5. The number of furan rings is 1. The molecule has 4 nitrogen and oxygen atoms in total. The molecule has 0 saturated carbocycles. The number of nitrogens with two attached hydrogens (primary N) is 1. The first-order valence-electron chi connectivity index (χ1n) is 9.88. The third-order valence-corrected chi connectivity index (χ3v) is 5.19. The largest absolute Gasteiger partial charge is 0.493 e. The molecule has 2 N–H and O–H groups in total. The molecule has 0 radical (unpaired) electrons. The highest BCUT2D eigenvalue weighted by Crippen LogP contribution is 2.40. The number of hydrogen-bond acceptors (Lipinski definition) is 4. The van der Waals surface area contributed by atoms with E-state index in [2.05, 4.69) is 6.92 Å². The van der Waals surface area contributed by atoms with Crippen LogP contribution in [-0.4, -0.2) is 12.9 Å². The van der Waals surface area contributed by atoms with Crippen molar-refractivity contribution in [2.24, 2.45) is 0 Å². The lowest BCUT2D eigenvalue weighted by Gasteiger charge is -2.12. The van der Waals surface area contributed by atoms with Gasteiger partial charge in [0.2, 0.25) is 0 Å². The molecular formula is C25H22FNO3. The summed E-state index contributed by atoms with van der Waals surface area (Å²) in [6.45, 7) is 4.44. The lowest BCUT2D eigenvalue weighted by molar-refractivity contribution is 0.112. The molecule has 0 aliphatic heterocycles. The molecule has 0 atom stereocenters. The van der Waals surface area contributed by atoms with Gasteiger partial charge in [-0.15, -0.1) is 0 Å². The normalized spacial score (nSPS) is 11.0. The quantitative estimate of drug-likeness (QED) is 0.305. The number of rotatable bonds is 6. The molecule has 0 saturated heterocycles. The van der Waals surface area contributed by atoms with Gasteiger partial charge in [0.05, 0.1) is 12.2 Å². The zero-order valence-electron chi connectivity index (χ0n) is 16.9. The van der Waals surface area contributed by atoms with E-state index in [-0.39, 0.29) is 5.82 Å². The zero-order chi connectivity index (χ0) is 21.3. The summed E-state index contributed by atoms with van der Waals surface area (Å²) < 4.78 is 25.2. The van der Waals surface area contributed by atoms with Crippen LogP contribution in [0.1, 0.15) is 29.8 Å². The van der Waals surface area contributed by atoms with Crippen LogP contribution in [0.15, 0.2) is 59.0 Å². The molecule has 0 spiro atoms. The summed E-state index contributed by atoms with van der Waals surface area (Å²) in [6.07, 6.45) is 1.62. The average molecular weight is 403 g/mol. The Kier molecular flexibility index (Phi) is 5.27. The summed E-state index contributed by atoms with van der Waals surface area (Å²) in [7, 11) is 0. The molecular weight excluding hydrogens is 381 g/mol. The van der Waals surface area contributed by atoms with Gasteiger partial charge in [0.1, 0.15) is 22.9 Å². The maximum absolute atomic E-state index is 13.3. The van der Waals surface area contributed by atoms with Gasteiger partial charge in [-0.25, -0.2) is 4.39 Å². The fraction of sp³-hybridized carbons (Fsp3) is 0.160. The molecule has 3 aromatic carbocycles. The Balaban J connectivity index is 1.94. The lowest BCUT2D eigenvalue weighted by atomic mass is 9.98. The van der Waals surface area contributed by atoms with Crippen LogP contribution in [-0.2, 0) is 6.42 Å². The number of carbonyl (C=O) groups excluding carboxylic acids is 1. The predicted molar refractivity (Wildman–Crippen MR) is 117 cm³/mol. The predicted octanol–water partition coefficient (Wildman–Crippen LogP) is 6.26. The molecule has 30 heavy (non-hydrogen) atoms. The molecule has 0 aliphatic rings. The number of carbonyl (C=O) groups is 1. The highest BCUT2D eigenvalue weighted by molar-refractivity contribution is 6.04. The maximum atomic E-state index is 13.3. The van der Waals surface area contributed by atoms with Gasteiger partial charge in [0.25, 0.3) is 0 Å². The van der Waals surface area contributed by atoms with Gasteiger partial charge >= 0.3 is 0 Å². The molecule has 5 heteroatoms. The summed E-state index contributed by atoms with van der Waals surface area (Å²) in [5.74, 6) is 0.697. The van der Waals surface area contributed by atoms with Crippen LogP contribution in [0.3, 0.4) is 0 Å². The number of ether oxygens (including phenoxy) is 1.